The molecule has 0 aliphatic heterocycles. The van der Waals surface area contributed by atoms with E-state index in [9.17, 15) is 9.90 Å². The second-order valence-electron chi connectivity index (χ2n) is 4.11. The molecule has 0 aromatic heterocycles. The molecule has 0 radical (unpaired) electrons. The van der Waals surface area contributed by atoms with E-state index in [0.717, 1.165) is 12.8 Å². The van der Waals surface area contributed by atoms with Crippen molar-refractivity contribution in [3.8, 4) is 0 Å². The van der Waals surface area contributed by atoms with E-state index in [1.807, 2.05) is 0 Å². The average Bonchev–Trinajstić information content (AvgIpc) is 2.12. The zero-order chi connectivity index (χ0) is 11.0. The van der Waals surface area contributed by atoms with Crippen LogP contribution in [0.4, 0.5) is 0 Å². The topological polar surface area (TPSA) is 46.5 Å². The number of ether oxygens (including phenoxy) is 1. The molecule has 0 rings (SSSR count). The van der Waals surface area contributed by atoms with Gasteiger partial charge < -0.3 is 9.84 Å². The van der Waals surface area contributed by atoms with Gasteiger partial charge in [0.1, 0.15) is 0 Å². The number of aliphatic hydroxyl groups is 1. The van der Waals surface area contributed by atoms with Crippen molar-refractivity contribution in [3.05, 3.63) is 0 Å². The monoisotopic (exact) mass is 202 g/mol. The van der Waals surface area contributed by atoms with Gasteiger partial charge in [-0.3, -0.25) is 4.79 Å². The smallest absolute Gasteiger partial charge is 0.308 e. The third-order valence-electron chi connectivity index (χ3n) is 2.20. The highest BCUT2D eigenvalue weighted by molar-refractivity contribution is 5.69. The molecule has 3 heteroatoms. The number of methoxy groups -OCH3 is 1. The summed E-state index contributed by atoms with van der Waals surface area (Å²) < 4.78 is 4.47. The summed E-state index contributed by atoms with van der Waals surface area (Å²) in [7, 11) is 1.34. The second kappa shape index (κ2) is 7.80. The molecule has 1 atom stereocenters. The number of unbranched alkanes of at least 4 members (excludes halogenated alkanes) is 1. The summed E-state index contributed by atoms with van der Waals surface area (Å²) in [6.07, 6.45) is 3.58. The van der Waals surface area contributed by atoms with E-state index >= 15 is 0 Å². The van der Waals surface area contributed by atoms with Crippen molar-refractivity contribution in [2.24, 2.45) is 5.92 Å². The number of carbonyl (C=O) groups excluding carboxylic acids is 1. The average molecular weight is 202 g/mol. The van der Waals surface area contributed by atoms with Crippen molar-refractivity contribution in [2.45, 2.75) is 52.1 Å². The third kappa shape index (κ3) is 8.05. The number of rotatable bonds is 7. The van der Waals surface area contributed by atoms with Gasteiger partial charge in [0.2, 0.25) is 0 Å². The van der Waals surface area contributed by atoms with Crippen LogP contribution >= 0.6 is 0 Å². The predicted molar refractivity (Wildman–Crippen MR) is 55.9 cm³/mol. The van der Waals surface area contributed by atoms with Gasteiger partial charge in [-0.25, -0.2) is 0 Å². The van der Waals surface area contributed by atoms with Crippen LogP contribution in [0.25, 0.3) is 0 Å². The highest BCUT2D eigenvalue weighted by Gasteiger charge is 2.10. The van der Waals surface area contributed by atoms with Crippen LogP contribution in [0, 0.1) is 5.92 Å². The van der Waals surface area contributed by atoms with E-state index in [2.05, 4.69) is 18.6 Å². The van der Waals surface area contributed by atoms with Gasteiger partial charge >= 0.3 is 5.97 Å². The first-order valence-electron chi connectivity index (χ1n) is 5.31. The molecule has 0 bridgehead atoms. The Balaban J connectivity index is 3.35. The highest BCUT2D eigenvalue weighted by atomic mass is 16.5. The van der Waals surface area contributed by atoms with Crippen LogP contribution in [0.1, 0.15) is 46.0 Å². The molecule has 0 aromatic carbocycles. The van der Waals surface area contributed by atoms with Crippen molar-refractivity contribution in [2.75, 3.05) is 7.11 Å². The van der Waals surface area contributed by atoms with Gasteiger partial charge in [-0.2, -0.15) is 0 Å². The summed E-state index contributed by atoms with van der Waals surface area (Å²) >= 11 is 0. The molecule has 1 unspecified atom stereocenters. The van der Waals surface area contributed by atoms with Crippen LogP contribution in [-0.2, 0) is 9.53 Å². The molecule has 0 fully saturated rings. The van der Waals surface area contributed by atoms with Crippen LogP contribution in [0.3, 0.4) is 0 Å². The summed E-state index contributed by atoms with van der Waals surface area (Å²) in [6, 6.07) is 0. The second-order valence-corrected chi connectivity index (χ2v) is 4.11. The van der Waals surface area contributed by atoms with Gasteiger partial charge in [0.25, 0.3) is 0 Å². The Morgan fingerprint density at radius 1 is 1.29 bits per heavy atom. The Labute approximate surface area is 86.5 Å². The predicted octanol–water partition coefficient (Wildman–Crippen LogP) is 2.13. The van der Waals surface area contributed by atoms with Crippen LogP contribution in [0.15, 0.2) is 0 Å². The van der Waals surface area contributed by atoms with Crippen molar-refractivity contribution < 1.29 is 14.6 Å². The normalized spacial score (nSPS) is 12.9. The van der Waals surface area contributed by atoms with Crippen molar-refractivity contribution in [1.82, 2.24) is 0 Å². The molecular formula is C11H22O3. The summed E-state index contributed by atoms with van der Waals surface area (Å²) in [5.41, 5.74) is 0. The molecule has 0 amide bonds. The molecule has 3 nitrogen and oxygen atoms in total. The standard InChI is InChI=1S/C11H22O3/c1-9(2)6-4-5-7-10(12)8-11(13)14-3/h9-10,12H,4-8H2,1-3H3. The van der Waals surface area contributed by atoms with Crippen LogP contribution in [0.5, 0.6) is 0 Å². The Kier molecular flexibility index (Phi) is 7.48. The number of carbonyl (C=O) groups is 1. The number of hydrogen-bond acceptors (Lipinski definition) is 3. The fourth-order valence-corrected chi connectivity index (χ4v) is 1.31. The maximum atomic E-state index is 10.8. The summed E-state index contributed by atoms with van der Waals surface area (Å²) in [6.45, 7) is 4.37. The van der Waals surface area contributed by atoms with Crippen molar-refractivity contribution in [3.63, 3.8) is 0 Å². The lowest BCUT2D eigenvalue weighted by Crippen LogP contribution is -2.14. The van der Waals surface area contributed by atoms with Crippen molar-refractivity contribution >= 4 is 5.97 Å². The highest BCUT2D eigenvalue weighted by Crippen LogP contribution is 2.11. The molecule has 0 saturated carbocycles. The number of aliphatic hydroxyl groups excluding tert-OH is 1. The molecule has 14 heavy (non-hydrogen) atoms. The van der Waals surface area contributed by atoms with Crippen molar-refractivity contribution in [1.29, 1.82) is 0 Å². The minimum absolute atomic E-state index is 0.123. The maximum Gasteiger partial charge on any atom is 0.308 e. The first-order valence-corrected chi connectivity index (χ1v) is 5.31. The molecule has 0 aromatic rings. The van der Waals surface area contributed by atoms with E-state index in [4.69, 9.17) is 0 Å². The first kappa shape index (κ1) is 13.4. The Hall–Kier alpha value is -0.570. The molecular weight excluding hydrogens is 180 g/mol. The molecule has 0 heterocycles. The first-order chi connectivity index (χ1) is 6.56. The number of esters is 1. The third-order valence-corrected chi connectivity index (χ3v) is 2.20. The van der Waals surface area contributed by atoms with E-state index in [0.29, 0.717) is 12.3 Å². The lowest BCUT2D eigenvalue weighted by Gasteiger charge is -2.09. The van der Waals surface area contributed by atoms with Gasteiger partial charge in [-0.05, 0) is 12.3 Å². The van der Waals surface area contributed by atoms with E-state index in [1.165, 1.54) is 13.5 Å². The van der Waals surface area contributed by atoms with Gasteiger partial charge in [-0.1, -0.05) is 33.1 Å². The van der Waals surface area contributed by atoms with Gasteiger partial charge in [-0.15, -0.1) is 0 Å². The maximum absolute atomic E-state index is 10.8. The molecule has 84 valence electrons. The zero-order valence-corrected chi connectivity index (χ0v) is 9.45. The lowest BCUT2D eigenvalue weighted by atomic mass is 10.0. The Morgan fingerprint density at radius 2 is 1.86 bits per heavy atom. The molecule has 0 aliphatic rings. The SMILES string of the molecule is COC(=O)CC(O)CCCCC(C)C. The van der Waals surface area contributed by atoms with Gasteiger partial charge in [0.15, 0.2) is 0 Å². The quantitative estimate of drug-likeness (QED) is 0.508. The van der Waals surface area contributed by atoms with Gasteiger partial charge in [0, 0.05) is 0 Å². The molecule has 0 saturated heterocycles. The van der Waals surface area contributed by atoms with E-state index < -0.39 is 6.10 Å². The Bertz CT molecular complexity index is 155. The fourth-order valence-electron chi connectivity index (χ4n) is 1.31. The Morgan fingerprint density at radius 3 is 2.36 bits per heavy atom. The summed E-state index contributed by atoms with van der Waals surface area (Å²) in [4.78, 5) is 10.8. The van der Waals surface area contributed by atoms with E-state index in [1.54, 1.807) is 0 Å². The van der Waals surface area contributed by atoms with Crippen LogP contribution < -0.4 is 0 Å². The summed E-state index contributed by atoms with van der Waals surface area (Å²) in [5, 5.41) is 9.42. The molecule has 1 N–H and O–H groups in total. The minimum atomic E-state index is -0.533. The largest absolute Gasteiger partial charge is 0.469 e. The van der Waals surface area contributed by atoms with Crippen LogP contribution in [0.2, 0.25) is 0 Å². The fraction of sp³-hybridized carbons (Fsp3) is 0.909. The summed E-state index contributed by atoms with van der Waals surface area (Å²) in [5.74, 6) is 0.383. The minimum Gasteiger partial charge on any atom is -0.469 e. The van der Waals surface area contributed by atoms with Gasteiger partial charge in [0.05, 0.1) is 19.6 Å². The molecule has 0 spiro atoms. The zero-order valence-electron chi connectivity index (χ0n) is 9.45. The molecule has 0 aliphatic carbocycles. The van der Waals surface area contributed by atoms with E-state index in [-0.39, 0.29) is 12.4 Å². The van der Waals surface area contributed by atoms with Crippen LogP contribution in [-0.4, -0.2) is 24.3 Å². The lowest BCUT2D eigenvalue weighted by molar-refractivity contribution is -0.142. The number of hydrogen-bond donors (Lipinski definition) is 1.